The van der Waals surface area contributed by atoms with Crippen LogP contribution in [0.1, 0.15) is 30.8 Å². The molecule has 1 N–H and O–H groups in total. The predicted molar refractivity (Wildman–Crippen MR) is 73.6 cm³/mol. The van der Waals surface area contributed by atoms with Crippen LogP contribution in [0, 0.1) is 0 Å². The molecular formula is C13H18N2O3S. The maximum atomic E-state index is 12.0. The molecule has 1 aromatic rings. The summed E-state index contributed by atoms with van der Waals surface area (Å²) in [5.74, 6) is 0.664. The summed E-state index contributed by atoms with van der Waals surface area (Å²) < 4.78 is 4.90. The predicted octanol–water partition coefficient (Wildman–Crippen LogP) is 1.93. The van der Waals surface area contributed by atoms with Crippen LogP contribution >= 0.6 is 11.8 Å². The molecule has 1 saturated heterocycles. The topological polar surface area (TPSA) is 62.4 Å². The third kappa shape index (κ3) is 3.53. The Hall–Kier alpha value is -1.43. The molecule has 19 heavy (non-hydrogen) atoms. The second-order valence-corrected chi connectivity index (χ2v) is 5.43. The Balaban J connectivity index is 2.00. The van der Waals surface area contributed by atoms with Gasteiger partial charge in [-0.3, -0.25) is 9.59 Å². The summed E-state index contributed by atoms with van der Waals surface area (Å²) in [6.45, 7) is 2.57. The van der Waals surface area contributed by atoms with E-state index in [2.05, 4.69) is 4.98 Å². The quantitative estimate of drug-likeness (QED) is 0.838. The third-order valence-corrected chi connectivity index (χ3v) is 4.21. The minimum absolute atomic E-state index is 0.0225. The van der Waals surface area contributed by atoms with Gasteiger partial charge in [-0.25, -0.2) is 0 Å². The van der Waals surface area contributed by atoms with Gasteiger partial charge in [-0.1, -0.05) is 0 Å². The lowest BCUT2D eigenvalue weighted by atomic mass is 10.3. The van der Waals surface area contributed by atoms with Crippen molar-refractivity contribution in [2.45, 2.75) is 25.1 Å². The molecule has 1 unspecified atom stereocenters. The first-order valence-electron chi connectivity index (χ1n) is 6.42. The molecule has 1 amide bonds. The number of amides is 1. The van der Waals surface area contributed by atoms with Crippen LogP contribution in [-0.4, -0.2) is 40.7 Å². The standard InChI is InChI=1S/C13H18N2O3S/c1-2-18-12(17)5-8-15-11(16)6-9-19-13(15)10-4-3-7-14-10/h3-4,7,13-14H,2,5-6,8-9H2,1H3. The van der Waals surface area contributed by atoms with Crippen molar-refractivity contribution >= 4 is 23.6 Å². The second kappa shape index (κ2) is 6.65. The average molecular weight is 282 g/mol. The summed E-state index contributed by atoms with van der Waals surface area (Å²) in [7, 11) is 0. The van der Waals surface area contributed by atoms with Crippen LogP contribution in [0.5, 0.6) is 0 Å². The zero-order valence-corrected chi connectivity index (χ0v) is 11.7. The van der Waals surface area contributed by atoms with Crippen molar-refractivity contribution in [3.8, 4) is 0 Å². The largest absolute Gasteiger partial charge is 0.466 e. The lowest BCUT2D eigenvalue weighted by molar-refractivity contribution is -0.144. The number of aromatic amines is 1. The van der Waals surface area contributed by atoms with Crippen molar-refractivity contribution in [3.63, 3.8) is 0 Å². The van der Waals surface area contributed by atoms with Gasteiger partial charge >= 0.3 is 5.97 Å². The van der Waals surface area contributed by atoms with Crippen molar-refractivity contribution < 1.29 is 14.3 Å². The van der Waals surface area contributed by atoms with Crippen molar-refractivity contribution in [2.75, 3.05) is 18.9 Å². The molecule has 0 spiro atoms. The minimum atomic E-state index is -0.254. The van der Waals surface area contributed by atoms with Crippen LogP contribution < -0.4 is 0 Å². The van der Waals surface area contributed by atoms with Gasteiger partial charge in [0.2, 0.25) is 5.91 Å². The summed E-state index contributed by atoms with van der Waals surface area (Å²) >= 11 is 1.72. The van der Waals surface area contributed by atoms with Crippen LogP contribution in [0.3, 0.4) is 0 Å². The number of hydrogen-bond acceptors (Lipinski definition) is 4. The van der Waals surface area contributed by atoms with E-state index in [1.165, 1.54) is 0 Å². The Morgan fingerprint density at radius 3 is 3.16 bits per heavy atom. The van der Waals surface area contributed by atoms with Gasteiger partial charge in [0.15, 0.2) is 0 Å². The molecule has 5 nitrogen and oxygen atoms in total. The Bertz CT molecular complexity index is 433. The minimum Gasteiger partial charge on any atom is -0.466 e. The van der Waals surface area contributed by atoms with Gasteiger partial charge in [0, 0.05) is 30.6 Å². The van der Waals surface area contributed by atoms with Gasteiger partial charge in [-0.15, -0.1) is 11.8 Å². The molecule has 1 aliphatic heterocycles. The second-order valence-electron chi connectivity index (χ2n) is 4.24. The van der Waals surface area contributed by atoms with Crippen molar-refractivity contribution in [3.05, 3.63) is 24.0 Å². The Morgan fingerprint density at radius 1 is 1.63 bits per heavy atom. The van der Waals surface area contributed by atoms with Gasteiger partial charge in [-0.05, 0) is 19.1 Å². The summed E-state index contributed by atoms with van der Waals surface area (Å²) in [6, 6.07) is 3.88. The van der Waals surface area contributed by atoms with Gasteiger partial charge in [0.05, 0.1) is 13.0 Å². The van der Waals surface area contributed by atoms with Gasteiger partial charge in [0.1, 0.15) is 5.37 Å². The maximum Gasteiger partial charge on any atom is 0.307 e. The van der Waals surface area contributed by atoms with E-state index < -0.39 is 0 Å². The molecule has 6 heteroatoms. The molecule has 0 bridgehead atoms. The zero-order valence-electron chi connectivity index (χ0n) is 10.9. The summed E-state index contributed by atoms with van der Waals surface area (Å²) in [4.78, 5) is 28.3. The highest BCUT2D eigenvalue weighted by molar-refractivity contribution is 7.99. The third-order valence-electron chi connectivity index (χ3n) is 2.95. The lowest BCUT2D eigenvalue weighted by Gasteiger charge is -2.34. The number of carbonyl (C=O) groups excluding carboxylic acids is 2. The molecule has 0 aliphatic carbocycles. The molecule has 0 saturated carbocycles. The summed E-state index contributed by atoms with van der Waals surface area (Å²) in [5, 5.41) is -0.0225. The number of rotatable bonds is 5. The molecule has 104 valence electrons. The van der Waals surface area contributed by atoms with Crippen LogP contribution in [0.4, 0.5) is 0 Å². The zero-order chi connectivity index (χ0) is 13.7. The number of thioether (sulfide) groups is 1. The first-order chi connectivity index (χ1) is 9.22. The number of aromatic nitrogens is 1. The number of nitrogens with zero attached hydrogens (tertiary/aromatic N) is 1. The fraction of sp³-hybridized carbons (Fsp3) is 0.538. The fourth-order valence-corrected chi connectivity index (χ4v) is 3.31. The smallest absolute Gasteiger partial charge is 0.307 e. The number of esters is 1. The number of carbonyl (C=O) groups is 2. The monoisotopic (exact) mass is 282 g/mol. The first-order valence-corrected chi connectivity index (χ1v) is 7.47. The van der Waals surface area contributed by atoms with E-state index in [1.54, 1.807) is 23.6 Å². The highest BCUT2D eigenvalue weighted by Crippen LogP contribution is 2.36. The Labute approximate surface area is 116 Å². The van der Waals surface area contributed by atoms with Crippen LogP contribution in [0.2, 0.25) is 0 Å². The molecule has 0 aromatic carbocycles. The first kappa shape index (κ1) is 14.0. The Morgan fingerprint density at radius 2 is 2.47 bits per heavy atom. The number of nitrogens with one attached hydrogen (secondary N) is 1. The normalized spacial score (nSPS) is 19.5. The molecule has 2 rings (SSSR count). The summed E-state index contributed by atoms with van der Waals surface area (Å²) in [6.07, 6.45) is 2.63. The summed E-state index contributed by atoms with van der Waals surface area (Å²) in [5.41, 5.74) is 1.00. The van der Waals surface area contributed by atoms with Gasteiger partial charge in [0.25, 0.3) is 0 Å². The van der Waals surface area contributed by atoms with Crippen molar-refractivity contribution in [1.29, 1.82) is 0 Å². The van der Waals surface area contributed by atoms with Crippen molar-refractivity contribution in [1.82, 2.24) is 9.88 Å². The molecule has 1 aliphatic rings. The van der Waals surface area contributed by atoms with E-state index in [0.29, 0.717) is 19.6 Å². The highest BCUT2D eigenvalue weighted by atomic mass is 32.2. The van der Waals surface area contributed by atoms with E-state index in [0.717, 1.165) is 11.4 Å². The van der Waals surface area contributed by atoms with Crippen LogP contribution in [0.15, 0.2) is 18.3 Å². The lowest BCUT2D eigenvalue weighted by Crippen LogP contribution is -2.38. The molecule has 1 aromatic heterocycles. The molecule has 1 fully saturated rings. The van der Waals surface area contributed by atoms with Crippen LogP contribution in [-0.2, 0) is 14.3 Å². The van der Waals surface area contributed by atoms with Crippen molar-refractivity contribution in [2.24, 2.45) is 0 Å². The van der Waals surface area contributed by atoms with Gasteiger partial charge < -0.3 is 14.6 Å². The van der Waals surface area contributed by atoms with Crippen LogP contribution in [0.25, 0.3) is 0 Å². The highest BCUT2D eigenvalue weighted by Gasteiger charge is 2.30. The van der Waals surface area contributed by atoms with E-state index in [9.17, 15) is 9.59 Å². The molecule has 1 atom stereocenters. The van der Waals surface area contributed by atoms with E-state index in [-0.39, 0.29) is 23.7 Å². The van der Waals surface area contributed by atoms with E-state index in [4.69, 9.17) is 4.74 Å². The Kier molecular flexibility index (Phi) is 4.90. The van der Waals surface area contributed by atoms with E-state index >= 15 is 0 Å². The SMILES string of the molecule is CCOC(=O)CCN1C(=O)CCSC1c1ccc[nH]1. The molecule has 0 radical (unpaired) electrons. The number of ether oxygens (including phenoxy) is 1. The number of H-pyrrole nitrogens is 1. The fourth-order valence-electron chi connectivity index (χ4n) is 2.06. The van der Waals surface area contributed by atoms with E-state index in [1.807, 2.05) is 18.3 Å². The average Bonchev–Trinajstić information content (AvgIpc) is 2.91. The molecule has 2 heterocycles. The molecular weight excluding hydrogens is 264 g/mol. The number of hydrogen-bond donors (Lipinski definition) is 1. The maximum absolute atomic E-state index is 12.0. The van der Waals surface area contributed by atoms with Gasteiger partial charge in [-0.2, -0.15) is 0 Å².